The topological polar surface area (TPSA) is 60.2 Å². The van der Waals surface area contributed by atoms with Gasteiger partial charge in [0.2, 0.25) is 5.91 Å². The van der Waals surface area contributed by atoms with E-state index in [2.05, 4.69) is 55.1 Å². The number of nitrogens with zero attached hydrogens (tertiary/aromatic N) is 4. The van der Waals surface area contributed by atoms with Crippen molar-refractivity contribution in [3.8, 4) is 5.75 Å². The minimum absolute atomic E-state index is 0.111. The SMILES string of the molecule is CC(C)c1ccc(N(Cc2cnn(CC3CCCCC3)c2)C(=O)C2CCCc3c(OCc4ccccc4)cccc32)cn1. The van der Waals surface area contributed by atoms with Gasteiger partial charge in [0.1, 0.15) is 12.4 Å². The average molecular weight is 577 g/mol. The summed E-state index contributed by atoms with van der Waals surface area (Å²) in [5.74, 6) is 1.79. The third kappa shape index (κ3) is 7.01. The number of amides is 1. The molecule has 0 radical (unpaired) electrons. The molecule has 0 spiro atoms. The van der Waals surface area contributed by atoms with Crippen molar-refractivity contribution in [3.63, 3.8) is 0 Å². The number of carbonyl (C=O) groups is 1. The van der Waals surface area contributed by atoms with Gasteiger partial charge in [-0.15, -0.1) is 0 Å². The van der Waals surface area contributed by atoms with Gasteiger partial charge in [0.15, 0.2) is 0 Å². The van der Waals surface area contributed by atoms with Gasteiger partial charge < -0.3 is 9.64 Å². The minimum Gasteiger partial charge on any atom is -0.489 e. The van der Waals surface area contributed by atoms with Crippen molar-refractivity contribution >= 4 is 11.6 Å². The molecule has 2 heterocycles. The molecular weight excluding hydrogens is 532 g/mol. The Bertz CT molecular complexity index is 1490. The van der Waals surface area contributed by atoms with E-state index in [-0.39, 0.29) is 11.8 Å². The van der Waals surface area contributed by atoms with Crippen LogP contribution in [0, 0.1) is 5.92 Å². The van der Waals surface area contributed by atoms with Gasteiger partial charge in [-0.1, -0.05) is 75.6 Å². The monoisotopic (exact) mass is 576 g/mol. The molecule has 2 aliphatic rings. The maximum atomic E-state index is 14.5. The molecule has 1 atom stereocenters. The normalized spacial score (nSPS) is 17.0. The van der Waals surface area contributed by atoms with Crippen LogP contribution in [0.4, 0.5) is 5.69 Å². The third-order valence-corrected chi connectivity index (χ3v) is 9.14. The summed E-state index contributed by atoms with van der Waals surface area (Å²) in [6, 6.07) is 20.5. The molecule has 2 aromatic carbocycles. The summed E-state index contributed by atoms with van der Waals surface area (Å²) in [6.07, 6.45) is 15.2. The molecular formula is C37H44N4O2. The van der Waals surface area contributed by atoms with Crippen LogP contribution in [-0.2, 0) is 30.9 Å². The van der Waals surface area contributed by atoms with E-state index in [1.165, 1.54) is 32.1 Å². The summed E-state index contributed by atoms with van der Waals surface area (Å²) in [5.41, 5.74) is 6.30. The first-order valence-electron chi connectivity index (χ1n) is 16.1. The Kier molecular flexibility index (Phi) is 9.21. The molecule has 1 unspecified atom stereocenters. The number of hydrogen-bond acceptors (Lipinski definition) is 4. The van der Waals surface area contributed by atoms with Gasteiger partial charge in [0.25, 0.3) is 0 Å². The Morgan fingerprint density at radius 2 is 1.77 bits per heavy atom. The molecule has 2 aromatic heterocycles. The van der Waals surface area contributed by atoms with Crippen LogP contribution in [0.25, 0.3) is 0 Å². The summed E-state index contributed by atoms with van der Waals surface area (Å²) in [6.45, 7) is 6.23. The fourth-order valence-electron chi connectivity index (χ4n) is 6.73. The molecule has 2 aliphatic carbocycles. The smallest absolute Gasteiger partial charge is 0.234 e. The van der Waals surface area contributed by atoms with Crippen molar-refractivity contribution in [3.05, 3.63) is 107 Å². The van der Waals surface area contributed by atoms with E-state index in [0.29, 0.717) is 25.0 Å². The van der Waals surface area contributed by atoms with Gasteiger partial charge in [-0.3, -0.25) is 14.5 Å². The molecule has 6 rings (SSSR count). The average Bonchev–Trinajstić information content (AvgIpc) is 3.49. The van der Waals surface area contributed by atoms with E-state index >= 15 is 0 Å². The van der Waals surface area contributed by atoms with Crippen LogP contribution in [0.2, 0.25) is 0 Å². The molecule has 0 N–H and O–H groups in total. The molecule has 1 fully saturated rings. The van der Waals surface area contributed by atoms with E-state index in [4.69, 9.17) is 14.8 Å². The lowest BCUT2D eigenvalue weighted by atomic mass is 9.81. The van der Waals surface area contributed by atoms with Gasteiger partial charge in [-0.2, -0.15) is 5.10 Å². The largest absolute Gasteiger partial charge is 0.489 e. The summed E-state index contributed by atoms with van der Waals surface area (Å²) < 4.78 is 8.40. The fraction of sp³-hybridized carbons (Fsp3) is 0.432. The van der Waals surface area contributed by atoms with E-state index in [9.17, 15) is 4.79 Å². The number of fused-ring (bicyclic) bond motifs is 1. The van der Waals surface area contributed by atoms with E-state index in [0.717, 1.165) is 65.2 Å². The summed E-state index contributed by atoms with van der Waals surface area (Å²) >= 11 is 0. The zero-order chi connectivity index (χ0) is 29.6. The standard InChI is InChI=1S/C37H44N4O2/c1-27(2)35-20-19-31(22-38-35)41(25-30-21-39-40(24-30)23-28-11-5-3-6-12-28)37(42)34-17-9-16-33-32(34)15-10-18-36(33)43-26-29-13-7-4-8-14-29/h4,7-8,10,13-15,18-22,24,27-28,34H,3,5-6,9,11-12,16-17,23,25-26H2,1-2H3. The van der Waals surface area contributed by atoms with Gasteiger partial charge in [-0.25, -0.2) is 0 Å². The molecule has 1 saturated carbocycles. The number of anilines is 1. The molecule has 0 aliphatic heterocycles. The molecule has 0 saturated heterocycles. The van der Waals surface area contributed by atoms with Crippen LogP contribution >= 0.6 is 0 Å². The number of pyridine rings is 1. The maximum absolute atomic E-state index is 14.5. The van der Waals surface area contributed by atoms with E-state index < -0.39 is 0 Å². The molecule has 0 bridgehead atoms. The fourth-order valence-corrected chi connectivity index (χ4v) is 6.73. The lowest BCUT2D eigenvalue weighted by Gasteiger charge is -2.31. The third-order valence-electron chi connectivity index (χ3n) is 9.14. The second kappa shape index (κ2) is 13.6. The quantitative estimate of drug-likeness (QED) is 0.191. The van der Waals surface area contributed by atoms with Crippen LogP contribution in [0.1, 0.15) is 98.6 Å². The Morgan fingerprint density at radius 1 is 0.930 bits per heavy atom. The van der Waals surface area contributed by atoms with Gasteiger partial charge >= 0.3 is 0 Å². The first kappa shape index (κ1) is 29.2. The van der Waals surface area contributed by atoms with Crippen LogP contribution in [0.5, 0.6) is 5.75 Å². The molecule has 224 valence electrons. The maximum Gasteiger partial charge on any atom is 0.234 e. The first-order valence-corrected chi connectivity index (χ1v) is 16.1. The highest BCUT2D eigenvalue weighted by atomic mass is 16.5. The van der Waals surface area contributed by atoms with Crippen LogP contribution in [0.15, 0.2) is 79.3 Å². The van der Waals surface area contributed by atoms with Crippen molar-refractivity contribution < 1.29 is 9.53 Å². The first-order chi connectivity index (χ1) is 21.0. The molecule has 43 heavy (non-hydrogen) atoms. The zero-order valence-electron chi connectivity index (χ0n) is 25.6. The van der Waals surface area contributed by atoms with Gasteiger partial charge in [0, 0.05) is 24.0 Å². The lowest BCUT2D eigenvalue weighted by Crippen LogP contribution is -2.36. The highest BCUT2D eigenvalue weighted by Crippen LogP contribution is 2.39. The Hall–Kier alpha value is -3.93. The van der Waals surface area contributed by atoms with Gasteiger partial charge in [-0.05, 0) is 78.8 Å². The molecule has 4 aromatic rings. The number of ether oxygens (including phenoxy) is 1. The molecule has 6 nitrogen and oxygen atoms in total. The van der Waals surface area contributed by atoms with Crippen LogP contribution < -0.4 is 9.64 Å². The summed E-state index contributed by atoms with van der Waals surface area (Å²) in [5, 5.41) is 4.71. The summed E-state index contributed by atoms with van der Waals surface area (Å²) in [7, 11) is 0. The number of rotatable bonds is 10. The molecule has 1 amide bonds. The Balaban J connectivity index is 1.25. The highest BCUT2D eigenvalue weighted by Gasteiger charge is 2.32. The van der Waals surface area contributed by atoms with Crippen molar-refractivity contribution in [2.75, 3.05) is 4.90 Å². The number of carbonyl (C=O) groups excluding carboxylic acids is 1. The Morgan fingerprint density at radius 3 is 2.53 bits per heavy atom. The second-order valence-electron chi connectivity index (χ2n) is 12.6. The van der Waals surface area contributed by atoms with Gasteiger partial charge in [0.05, 0.1) is 30.5 Å². The minimum atomic E-state index is -0.230. The summed E-state index contributed by atoms with van der Waals surface area (Å²) in [4.78, 5) is 21.2. The number of hydrogen-bond donors (Lipinski definition) is 0. The van der Waals surface area contributed by atoms with Crippen molar-refractivity contribution in [2.45, 2.75) is 96.7 Å². The highest BCUT2D eigenvalue weighted by molar-refractivity contribution is 5.98. The lowest BCUT2D eigenvalue weighted by molar-refractivity contribution is -0.120. The van der Waals surface area contributed by atoms with Crippen molar-refractivity contribution in [1.82, 2.24) is 14.8 Å². The number of aromatic nitrogens is 3. The van der Waals surface area contributed by atoms with Crippen molar-refractivity contribution in [2.24, 2.45) is 5.92 Å². The predicted molar refractivity (Wildman–Crippen MR) is 171 cm³/mol. The zero-order valence-corrected chi connectivity index (χ0v) is 25.6. The molecule has 6 heteroatoms. The number of benzene rings is 2. The van der Waals surface area contributed by atoms with Crippen LogP contribution in [-0.4, -0.2) is 20.7 Å². The van der Waals surface area contributed by atoms with Crippen LogP contribution in [0.3, 0.4) is 0 Å². The Labute approximate surface area is 256 Å². The van der Waals surface area contributed by atoms with E-state index in [1.807, 2.05) is 47.6 Å². The second-order valence-corrected chi connectivity index (χ2v) is 12.6. The predicted octanol–water partition coefficient (Wildman–Crippen LogP) is 8.21. The van der Waals surface area contributed by atoms with Crippen molar-refractivity contribution in [1.29, 1.82) is 0 Å². The van der Waals surface area contributed by atoms with E-state index in [1.54, 1.807) is 0 Å².